The number of nitrogens with zero attached hydrogens (tertiary/aromatic N) is 2. The van der Waals surface area contributed by atoms with Crippen molar-refractivity contribution >= 4 is 112 Å². The second-order valence-corrected chi connectivity index (χ2v) is 13.2. The molecule has 0 spiro atoms. The lowest BCUT2D eigenvalue weighted by atomic mass is 10.0. The number of alkyl halides is 3. The number of ketones is 4. The maximum atomic E-state index is 13.2. The normalized spacial score (nSPS) is 16.9. The van der Waals surface area contributed by atoms with Crippen LogP contribution in [0.2, 0.25) is 0 Å². The number of rotatable bonds is 2. The number of allylic oxidation sites excluding steroid dienone is 2. The topological polar surface area (TPSA) is 94.1 Å². The minimum atomic E-state index is -4.65. The maximum absolute atomic E-state index is 13.2. The van der Waals surface area contributed by atoms with E-state index in [1.54, 1.807) is 18.2 Å². The summed E-state index contributed by atoms with van der Waals surface area (Å²) in [4.78, 5) is 52.4. The summed E-state index contributed by atoms with van der Waals surface area (Å²) in [5.41, 5.74) is 2.44. The molecular formula is C32H13F3N2O4S3. The zero-order valence-corrected chi connectivity index (χ0v) is 24.6. The van der Waals surface area contributed by atoms with Gasteiger partial charge >= 0.3 is 6.18 Å². The number of halogens is 3. The largest absolute Gasteiger partial charge is 0.416 e. The van der Waals surface area contributed by atoms with Crippen molar-refractivity contribution in [3.05, 3.63) is 91.7 Å². The average Bonchev–Trinajstić information content (AvgIpc) is 3.79. The number of benzene rings is 3. The van der Waals surface area contributed by atoms with E-state index in [-0.39, 0.29) is 16.7 Å². The highest BCUT2D eigenvalue weighted by atomic mass is 32.1. The van der Waals surface area contributed by atoms with Gasteiger partial charge in [-0.1, -0.05) is 23.8 Å². The van der Waals surface area contributed by atoms with Crippen molar-refractivity contribution in [3.8, 4) is 0 Å². The van der Waals surface area contributed by atoms with Gasteiger partial charge < -0.3 is 0 Å². The number of thiophene rings is 2. The van der Waals surface area contributed by atoms with E-state index in [0.29, 0.717) is 32.6 Å². The van der Waals surface area contributed by atoms with E-state index < -0.39 is 34.9 Å². The van der Waals surface area contributed by atoms with Gasteiger partial charge in [0.1, 0.15) is 11.0 Å². The smallest absolute Gasteiger partial charge is 0.285 e. The van der Waals surface area contributed by atoms with Crippen LogP contribution in [0.1, 0.15) is 52.7 Å². The number of carbonyl (C=O) groups is 4. The van der Waals surface area contributed by atoms with Gasteiger partial charge in [0.15, 0.2) is 0 Å². The minimum absolute atomic E-state index is 0.0316. The summed E-state index contributed by atoms with van der Waals surface area (Å²) in [5, 5.41) is 1.59. The molecule has 214 valence electrons. The fourth-order valence-electron chi connectivity index (χ4n) is 5.72. The second-order valence-electron chi connectivity index (χ2n) is 10.5. The van der Waals surface area contributed by atoms with E-state index in [2.05, 4.69) is 8.75 Å². The van der Waals surface area contributed by atoms with E-state index in [0.717, 1.165) is 60.5 Å². The van der Waals surface area contributed by atoms with Crippen molar-refractivity contribution in [2.24, 2.45) is 0 Å². The molecule has 0 aliphatic heterocycles. The van der Waals surface area contributed by atoms with Crippen molar-refractivity contribution < 1.29 is 32.3 Å². The van der Waals surface area contributed by atoms with Crippen LogP contribution in [0.25, 0.3) is 54.5 Å². The predicted molar refractivity (Wildman–Crippen MR) is 165 cm³/mol. The highest BCUT2D eigenvalue weighted by molar-refractivity contribution is 7.28. The van der Waals surface area contributed by atoms with E-state index in [1.807, 2.05) is 25.1 Å². The molecule has 2 aliphatic carbocycles. The Bertz CT molecular complexity index is 2420. The Morgan fingerprint density at radius 2 is 1.14 bits per heavy atom. The third-order valence-electron chi connectivity index (χ3n) is 7.77. The van der Waals surface area contributed by atoms with Crippen LogP contribution in [-0.4, -0.2) is 31.9 Å². The molecule has 3 aromatic heterocycles. The van der Waals surface area contributed by atoms with E-state index in [9.17, 15) is 32.3 Å². The first-order valence-electron chi connectivity index (χ1n) is 13.0. The number of hydrogen-bond donors (Lipinski definition) is 0. The number of aryl methyl sites for hydroxylation is 1. The fourth-order valence-corrected chi connectivity index (χ4v) is 8.66. The predicted octanol–water partition coefficient (Wildman–Crippen LogP) is 8.06. The van der Waals surface area contributed by atoms with Crippen molar-refractivity contribution in [3.63, 3.8) is 0 Å². The van der Waals surface area contributed by atoms with Gasteiger partial charge in [0.05, 0.1) is 26.7 Å². The Hall–Kier alpha value is -4.65. The number of fused-ring (bicyclic) bond motifs is 8. The van der Waals surface area contributed by atoms with Crippen LogP contribution < -0.4 is 0 Å². The molecule has 0 N–H and O–H groups in total. The molecule has 0 saturated carbocycles. The first-order chi connectivity index (χ1) is 21.0. The van der Waals surface area contributed by atoms with Gasteiger partial charge in [-0.15, -0.1) is 22.7 Å². The molecule has 12 heteroatoms. The van der Waals surface area contributed by atoms with Crippen molar-refractivity contribution in [2.45, 2.75) is 13.1 Å². The highest BCUT2D eigenvalue weighted by Crippen LogP contribution is 2.45. The van der Waals surface area contributed by atoms with Crippen LogP contribution >= 0.6 is 34.4 Å². The Morgan fingerprint density at radius 1 is 0.636 bits per heavy atom. The van der Waals surface area contributed by atoms with Gasteiger partial charge in [-0.05, 0) is 60.5 Å². The van der Waals surface area contributed by atoms with E-state index in [1.165, 1.54) is 28.7 Å². The molecule has 6 aromatic rings. The van der Waals surface area contributed by atoms with Crippen LogP contribution in [0, 0.1) is 6.92 Å². The van der Waals surface area contributed by atoms with Gasteiger partial charge in [0.25, 0.3) is 0 Å². The molecule has 0 atom stereocenters. The SMILES string of the molecule is Cc1ccc2c(c1)C(=O)C(=O)/C2=C\c1cc2c3nsnc3c3cc(/C=C4\C(=O)C(=O)c5cc(C(F)(F)F)ccc54)sc3c2s1. The molecular weight excluding hydrogens is 630 g/mol. The molecule has 3 heterocycles. The minimum Gasteiger partial charge on any atom is -0.285 e. The molecule has 0 saturated heterocycles. The Kier molecular flexibility index (Phi) is 5.62. The quantitative estimate of drug-likeness (QED) is 0.140. The summed E-state index contributed by atoms with van der Waals surface area (Å²) < 4.78 is 50.5. The molecule has 2 aliphatic rings. The zero-order valence-electron chi connectivity index (χ0n) is 22.2. The Balaban J connectivity index is 1.28. The molecule has 44 heavy (non-hydrogen) atoms. The third kappa shape index (κ3) is 3.84. The molecule has 6 nitrogen and oxygen atoms in total. The zero-order chi connectivity index (χ0) is 30.7. The molecule has 0 fully saturated rings. The monoisotopic (exact) mass is 642 g/mol. The van der Waals surface area contributed by atoms with Crippen molar-refractivity contribution in [2.75, 3.05) is 0 Å². The van der Waals surface area contributed by atoms with Crippen molar-refractivity contribution in [1.29, 1.82) is 0 Å². The van der Waals surface area contributed by atoms with E-state index in [4.69, 9.17) is 0 Å². The summed E-state index contributed by atoms with van der Waals surface area (Å²) in [6.07, 6.45) is -1.40. The van der Waals surface area contributed by atoms with E-state index >= 15 is 0 Å². The summed E-state index contributed by atoms with van der Waals surface area (Å²) in [7, 11) is 0. The summed E-state index contributed by atoms with van der Waals surface area (Å²) >= 11 is 3.81. The van der Waals surface area contributed by atoms with Gasteiger partial charge in [0, 0.05) is 42.8 Å². The summed E-state index contributed by atoms with van der Waals surface area (Å²) in [5.74, 6) is -2.92. The first kappa shape index (κ1) is 26.9. The Labute approximate surface area is 257 Å². The number of hydrogen-bond acceptors (Lipinski definition) is 9. The lowest BCUT2D eigenvalue weighted by Gasteiger charge is -2.07. The van der Waals surface area contributed by atoms with Gasteiger partial charge in [-0.3, -0.25) is 19.2 Å². The molecule has 0 radical (unpaired) electrons. The molecule has 0 amide bonds. The van der Waals surface area contributed by atoms with Gasteiger partial charge in [0.2, 0.25) is 23.1 Å². The number of carbonyl (C=O) groups excluding carboxylic acids is 4. The highest BCUT2D eigenvalue weighted by Gasteiger charge is 2.38. The lowest BCUT2D eigenvalue weighted by Crippen LogP contribution is -2.08. The molecule has 8 rings (SSSR count). The standard InChI is InChI=1S/C32H13F3N2O4S3/c1-12-2-4-16-18(6-12)26(38)28(40)20(16)8-14-10-22-24-25(37-44-36-24)23-11-15(43-31(23)30(22)42-14)9-21-17-5-3-13(32(33,34)35)7-19(17)27(39)29(21)41/h2-11H,1H3/b20-8-,21-9-. The van der Waals surface area contributed by atoms with Crippen LogP contribution in [0.5, 0.6) is 0 Å². The second kappa shape index (κ2) is 9.18. The fraction of sp³-hybridized carbons (Fsp3) is 0.0625. The lowest BCUT2D eigenvalue weighted by molar-refractivity contribution is -0.137. The number of aromatic nitrogens is 2. The summed E-state index contributed by atoms with van der Waals surface area (Å²) in [6.45, 7) is 1.86. The summed E-state index contributed by atoms with van der Waals surface area (Å²) in [6, 6.07) is 11.8. The van der Waals surface area contributed by atoms with Crippen LogP contribution in [-0.2, 0) is 15.8 Å². The van der Waals surface area contributed by atoms with Gasteiger partial charge in [-0.2, -0.15) is 21.9 Å². The molecule has 0 unspecified atom stereocenters. The van der Waals surface area contributed by atoms with Crippen LogP contribution in [0.4, 0.5) is 13.2 Å². The van der Waals surface area contributed by atoms with Gasteiger partial charge in [-0.25, -0.2) is 0 Å². The first-order valence-corrected chi connectivity index (χ1v) is 15.4. The Morgan fingerprint density at radius 3 is 1.66 bits per heavy atom. The maximum Gasteiger partial charge on any atom is 0.416 e. The third-order valence-corrected chi connectivity index (χ3v) is 10.6. The van der Waals surface area contributed by atoms with Crippen LogP contribution in [0.3, 0.4) is 0 Å². The molecule has 0 bridgehead atoms. The average molecular weight is 643 g/mol. The number of Topliss-reactive ketones (excluding diaryl/α,β-unsaturated/α-hetero) is 4. The van der Waals surface area contributed by atoms with Crippen molar-refractivity contribution in [1.82, 2.24) is 8.75 Å². The van der Waals surface area contributed by atoms with Crippen LogP contribution in [0.15, 0.2) is 48.5 Å². The molecule has 3 aromatic carbocycles.